The van der Waals surface area contributed by atoms with Crippen LogP contribution in [-0.4, -0.2) is 56.6 Å². The molecular weight excluding hydrogens is 366 g/mol. The van der Waals surface area contributed by atoms with E-state index in [1.807, 2.05) is 31.3 Å². The van der Waals surface area contributed by atoms with Crippen LogP contribution in [0.1, 0.15) is 39.5 Å². The molecule has 1 N–H and O–H groups in total. The lowest BCUT2D eigenvalue weighted by Crippen LogP contribution is -2.37. The van der Waals surface area contributed by atoms with Crippen LogP contribution in [0.4, 0.5) is 10.5 Å². The predicted molar refractivity (Wildman–Crippen MR) is 114 cm³/mol. The Morgan fingerprint density at radius 3 is 2.66 bits per heavy atom. The van der Waals surface area contributed by atoms with E-state index in [-0.39, 0.29) is 12.1 Å². The van der Waals surface area contributed by atoms with Crippen molar-refractivity contribution in [3.63, 3.8) is 0 Å². The Morgan fingerprint density at radius 1 is 1.28 bits per heavy atom. The van der Waals surface area contributed by atoms with Gasteiger partial charge in [-0.15, -0.1) is 0 Å². The average Bonchev–Trinajstić information content (AvgIpc) is 3.12. The van der Waals surface area contributed by atoms with Gasteiger partial charge in [-0.3, -0.25) is 9.80 Å². The first-order chi connectivity index (χ1) is 14.0. The Kier molecular flexibility index (Phi) is 6.30. The molecule has 2 aliphatic carbocycles. The molecule has 1 aliphatic heterocycles. The lowest BCUT2D eigenvalue weighted by atomic mass is 10.1. The summed E-state index contributed by atoms with van der Waals surface area (Å²) >= 11 is 0. The first-order valence-electron chi connectivity index (χ1n) is 11.1. The number of amides is 2. The Hall–Kier alpha value is -1.79. The van der Waals surface area contributed by atoms with Crippen LogP contribution in [-0.2, 0) is 4.74 Å². The van der Waals surface area contributed by atoms with Gasteiger partial charge in [0.25, 0.3) is 0 Å². The van der Waals surface area contributed by atoms with Crippen LogP contribution in [0.15, 0.2) is 24.3 Å². The topological polar surface area (TPSA) is 54.0 Å². The van der Waals surface area contributed by atoms with Gasteiger partial charge in [0.15, 0.2) is 0 Å². The van der Waals surface area contributed by atoms with Crippen molar-refractivity contribution in [1.29, 1.82) is 0 Å². The van der Waals surface area contributed by atoms with Gasteiger partial charge < -0.3 is 14.8 Å². The zero-order valence-electron chi connectivity index (χ0n) is 18.0. The van der Waals surface area contributed by atoms with Crippen LogP contribution in [0.25, 0.3) is 0 Å². The predicted octanol–water partition coefficient (Wildman–Crippen LogP) is 3.71. The first-order valence-corrected chi connectivity index (χ1v) is 11.1. The molecule has 1 heterocycles. The number of nitrogens with one attached hydrogen (secondary N) is 1. The molecule has 0 aromatic heterocycles. The Bertz CT molecular complexity index is 683. The molecule has 4 rings (SSSR count). The second-order valence-electron chi connectivity index (χ2n) is 9.09. The number of carbonyl (C=O) groups is 1. The van der Waals surface area contributed by atoms with Crippen LogP contribution in [0.3, 0.4) is 0 Å². The van der Waals surface area contributed by atoms with E-state index in [2.05, 4.69) is 24.1 Å². The fourth-order valence-corrected chi connectivity index (χ4v) is 4.96. The van der Waals surface area contributed by atoms with Gasteiger partial charge in [-0.2, -0.15) is 0 Å². The molecule has 0 spiro atoms. The van der Waals surface area contributed by atoms with Crippen molar-refractivity contribution >= 4 is 11.7 Å². The Labute approximate surface area is 174 Å². The maximum Gasteiger partial charge on any atom is 0.321 e. The summed E-state index contributed by atoms with van der Waals surface area (Å²) < 4.78 is 11.6. The van der Waals surface area contributed by atoms with E-state index in [1.165, 1.54) is 19.3 Å². The van der Waals surface area contributed by atoms with Crippen molar-refractivity contribution in [3.05, 3.63) is 24.3 Å². The summed E-state index contributed by atoms with van der Waals surface area (Å²) in [6.07, 6.45) is 5.45. The van der Waals surface area contributed by atoms with E-state index in [0.29, 0.717) is 19.4 Å². The van der Waals surface area contributed by atoms with Crippen LogP contribution in [0, 0.1) is 17.8 Å². The molecule has 3 unspecified atom stereocenters. The van der Waals surface area contributed by atoms with E-state index in [1.54, 1.807) is 4.90 Å². The van der Waals surface area contributed by atoms with Crippen molar-refractivity contribution in [3.8, 4) is 5.75 Å². The largest absolute Gasteiger partial charge is 0.491 e. The average molecular weight is 402 g/mol. The number of ether oxygens (including phenoxy) is 2. The number of nitrogens with zero attached hydrogens (tertiary/aromatic N) is 2. The van der Waals surface area contributed by atoms with Crippen molar-refractivity contribution in [1.82, 2.24) is 10.2 Å². The standard InChI is InChI=1S/C23H35N3O3/c1-16(2)26-13-19(29-15-26)14-28-18-9-7-17(8-10-18)25(3)23(27)24-12-11-22-20-5-4-6-21(20)22/h7-10,16,19-22H,4-6,11-15H2,1-3H3,(H,24,27). The molecule has 6 heteroatoms. The molecule has 1 aromatic carbocycles. The summed E-state index contributed by atoms with van der Waals surface area (Å²) in [5.41, 5.74) is 0.862. The van der Waals surface area contributed by atoms with Crippen molar-refractivity contribution in [2.75, 3.05) is 38.4 Å². The fourth-order valence-electron chi connectivity index (χ4n) is 4.96. The number of urea groups is 1. The summed E-state index contributed by atoms with van der Waals surface area (Å²) in [4.78, 5) is 16.4. The summed E-state index contributed by atoms with van der Waals surface area (Å²) in [6.45, 7) is 7.25. The van der Waals surface area contributed by atoms with Crippen LogP contribution >= 0.6 is 0 Å². The van der Waals surface area contributed by atoms with Gasteiger partial charge in [0, 0.05) is 31.9 Å². The van der Waals surface area contributed by atoms with Gasteiger partial charge in [-0.1, -0.05) is 6.42 Å². The Balaban J connectivity index is 1.17. The highest BCUT2D eigenvalue weighted by Crippen LogP contribution is 2.58. The summed E-state index contributed by atoms with van der Waals surface area (Å²) in [5, 5.41) is 3.07. The van der Waals surface area contributed by atoms with Gasteiger partial charge in [-0.25, -0.2) is 4.79 Å². The van der Waals surface area contributed by atoms with Crippen molar-refractivity contribution in [2.45, 2.75) is 51.7 Å². The van der Waals surface area contributed by atoms with Crippen molar-refractivity contribution in [2.24, 2.45) is 17.8 Å². The maximum atomic E-state index is 12.4. The molecule has 0 radical (unpaired) electrons. The SMILES string of the molecule is CC(C)N1COC(COc2ccc(N(C)C(=O)NCCC3C4CCCC43)cc2)C1. The molecule has 160 valence electrons. The quantitative estimate of drug-likeness (QED) is 0.721. The van der Waals surface area contributed by atoms with Gasteiger partial charge in [0.1, 0.15) is 18.5 Å². The highest BCUT2D eigenvalue weighted by atomic mass is 16.5. The second-order valence-corrected chi connectivity index (χ2v) is 9.09. The number of anilines is 1. The zero-order chi connectivity index (χ0) is 20.4. The van der Waals surface area contributed by atoms with E-state index < -0.39 is 0 Å². The first kappa shape index (κ1) is 20.5. The molecule has 3 aliphatic rings. The molecular formula is C23H35N3O3. The third-order valence-corrected chi connectivity index (χ3v) is 6.95. The number of carbonyl (C=O) groups excluding carboxylic acids is 1. The highest BCUT2D eigenvalue weighted by Gasteiger charge is 2.51. The minimum atomic E-state index is -0.0439. The summed E-state index contributed by atoms with van der Waals surface area (Å²) in [6, 6.07) is 8.13. The minimum absolute atomic E-state index is 0.0439. The van der Waals surface area contributed by atoms with E-state index in [9.17, 15) is 4.79 Å². The molecule has 3 fully saturated rings. The molecule has 1 saturated heterocycles. The molecule has 6 nitrogen and oxygen atoms in total. The molecule has 2 saturated carbocycles. The third kappa shape index (κ3) is 4.86. The number of hydrogen-bond donors (Lipinski definition) is 1. The molecule has 3 atom stereocenters. The van der Waals surface area contributed by atoms with Gasteiger partial charge in [0.2, 0.25) is 0 Å². The summed E-state index contributed by atoms with van der Waals surface area (Å²) in [5.74, 6) is 3.58. The molecule has 2 amide bonds. The Morgan fingerprint density at radius 2 is 2.00 bits per heavy atom. The summed E-state index contributed by atoms with van der Waals surface area (Å²) in [7, 11) is 1.81. The van der Waals surface area contributed by atoms with Gasteiger partial charge in [0.05, 0.1) is 6.73 Å². The van der Waals surface area contributed by atoms with E-state index in [0.717, 1.165) is 48.7 Å². The number of benzene rings is 1. The van der Waals surface area contributed by atoms with Gasteiger partial charge >= 0.3 is 6.03 Å². The molecule has 1 aromatic rings. The smallest absolute Gasteiger partial charge is 0.321 e. The second kappa shape index (κ2) is 8.92. The van der Waals surface area contributed by atoms with Gasteiger partial charge in [-0.05, 0) is 75.1 Å². The molecule has 0 bridgehead atoms. The van der Waals surface area contributed by atoms with Crippen LogP contribution < -0.4 is 15.0 Å². The fraction of sp³-hybridized carbons (Fsp3) is 0.696. The maximum absolute atomic E-state index is 12.4. The van der Waals surface area contributed by atoms with Crippen LogP contribution in [0.2, 0.25) is 0 Å². The number of fused-ring (bicyclic) bond motifs is 1. The highest BCUT2D eigenvalue weighted by molar-refractivity contribution is 5.91. The molecule has 29 heavy (non-hydrogen) atoms. The monoisotopic (exact) mass is 401 g/mol. The van der Waals surface area contributed by atoms with Crippen molar-refractivity contribution < 1.29 is 14.3 Å². The number of rotatable bonds is 8. The van der Waals surface area contributed by atoms with Crippen LogP contribution in [0.5, 0.6) is 5.75 Å². The minimum Gasteiger partial charge on any atom is -0.491 e. The number of hydrogen-bond acceptors (Lipinski definition) is 4. The van der Waals surface area contributed by atoms with E-state index in [4.69, 9.17) is 9.47 Å². The normalized spacial score (nSPS) is 28.4. The lowest BCUT2D eigenvalue weighted by molar-refractivity contribution is 0.0551. The van der Waals surface area contributed by atoms with E-state index >= 15 is 0 Å². The zero-order valence-corrected chi connectivity index (χ0v) is 18.0. The third-order valence-electron chi connectivity index (χ3n) is 6.95. The lowest BCUT2D eigenvalue weighted by Gasteiger charge is -2.19.